The molecule has 1 N–H and O–H groups in total. The van der Waals surface area contributed by atoms with Gasteiger partial charge in [0.25, 0.3) is 0 Å². The molecular weight excluding hydrogens is 256 g/mol. The number of aromatic nitrogens is 3. The number of hydrogen-bond acceptors (Lipinski definition) is 4. The second-order valence-electron chi connectivity index (χ2n) is 4.92. The lowest BCUT2D eigenvalue weighted by molar-refractivity contribution is 0.501. The molecule has 0 aromatic carbocycles. The van der Waals surface area contributed by atoms with Crippen LogP contribution < -0.4 is 5.32 Å². The summed E-state index contributed by atoms with van der Waals surface area (Å²) in [6, 6.07) is 2.58. The molecular formula is C14H22N4S. The average molecular weight is 278 g/mol. The van der Waals surface area contributed by atoms with Gasteiger partial charge in [-0.3, -0.25) is 4.68 Å². The second-order valence-corrected chi connectivity index (χ2v) is 5.98. The van der Waals surface area contributed by atoms with Crippen molar-refractivity contribution in [3.8, 4) is 0 Å². The Balaban J connectivity index is 2.05. The molecule has 0 bridgehead atoms. The first kappa shape index (κ1) is 14.2. The minimum atomic E-state index is 0.418. The number of aryl methyl sites for hydroxylation is 3. The highest BCUT2D eigenvalue weighted by atomic mass is 32.1. The molecule has 0 radical (unpaired) electrons. The molecule has 104 valence electrons. The van der Waals surface area contributed by atoms with E-state index in [9.17, 15) is 0 Å². The van der Waals surface area contributed by atoms with Crippen molar-refractivity contribution in [2.75, 3.05) is 6.54 Å². The highest BCUT2D eigenvalue weighted by Crippen LogP contribution is 2.13. The van der Waals surface area contributed by atoms with Gasteiger partial charge in [-0.15, -0.1) is 11.3 Å². The Morgan fingerprint density at radius 2 is 2.16 bits per heavy atom. The van der Waals surface area contributed by atoms with Gasteiger partial charge >= 0.3 is 0 Å². The Kier molecular flexibility index (Phi) is 4.71. The van der Waals surface area contributed by atoms with Crippen molar-refractivity contribution in [1.82, 2.24) is 20.1 Å². The smallest absolute Gasteiger partial charge is 0.0897 e. The van der Waals surface area contributed by atoms with Crippen LogP contribution in [-0.4, -0.2) is 27.4 Å². The average Bonchev–Trinajstić information content (AvgIpc) is 2.86. The van der Waals surface area contributed by atoms with E-state index in [1.807, 2.05) is 18.7 Å². The van der Waals surface area contributed by atoms with Crippen LogP contribution in [0, 0.1) is 13.8 Å². The van der Waals surface area contributed by atoms with Gasteiger partial charge in [-0.1, -0.05) is 6.92 Å². The van der Waals surface area contributed by atoms with Crippen LogP contribution in [0.4, 0.5) is 0 Å². The quantitative estimate of drug-likeness (QED) is 0.881. The lowest BCUT2D eigenvalue weighted by atomic mass is 10.1. The van der Waals surface area contributed by atoms with E-state index in [-0.39, 0.29) is 0 Å². The Labute approximate surface area is 118 Å². The van der Waals surface area contributed by atoms with Gasteiger partial charge in [0.05, 0.1) is 16.4 Å². The molecule has 4 nitrogen and oxygen atoms in total. The Bertz CT molecular complexity index is 529. The van der Waals surface area contributed by atoms with Crippen LogP contribution in [0.5, 0.6) is 0 Å². The van der Waals surface area contributed by atoms with Crippen molar-refractivity contribution in [2.24, 2.45) is 7.05 Å². The molecule has 0 saturated carbocycles. The summed E-state index contributed by atoms with van der Waals surface area (Å²) in [6.07, 6.45) is 1.96. The van der Waals surface area contributed by atoms with Crippen molar-refractivity contribution in [1.29, 1.82) is 0 Å². The van der Waals surface area contributed by atoms with Crippen molar-refractivity contribution in [2.45, 2.75) is 39.7 Å². The van der Waals surface area contributed by atoms with E-state index in [4.69, 9.17) is 0 Å². The number of likely N-dealkylation sites (N-methyl/N-ethyl adjacent to an activating group) is 1. The van der Waals surface area contributed by atoms with Crippen molar-refractivity contribution < 1.29 is 0 Å². The SMILES string of the molecule is CCNC(Cc1csc(C)n1)Cc1cc(C)nn1C. The standard InChI is InChI=1S/C14H22N4S/c1-5-15-12(7-13-9-19-11(3)16-13)8-14-6-10(2)17-18(14)4/h6,9,12,15H,5,7-8H2,1-4H3. The highest BCUT2D eigenvalue weighted by molar-refractivity contribution is 7.09. The highest BCUT2D eigenvalue weighted by Gasteiger charge is 2.14. The Morgan fingerprint density at radius 1 is 1.37 bits per heavy atom. The normalized spacial score (nSPS) is 12.8. The van der Waals surface area contributed by atoms with Gasteiger partial charge in [-0.25, -0.2) is 4.98 Å². The second kappa shape index (κ2) is 6.30. The van der Waals surface area contributed by atoms with Gasteiger partial charge < -0.3 is 5.32 Å². The van der Waals surface area contributed by atoms with Crippen LogP contribution in [0.15, 0.2) is 11.4 Å². The third kappa shape index (κ3) is 3.88. The first-order chi connectivity index (χ1) is 9.08. The molecule has 5 heteroatoms. The number of thiazole rings is 1. The Hall–Kier alpha value is -1.20. The molecule has 2 aromatic rings. The van der Waals surface area contributed by atoms with Gasteiger partial charge in [0.15, 0.2) is 0 Å². The van der Waals surface area contributed by atoms with Gasteiger partial charge in [-0.05, 0) is 26.5 Å². The van der Waals surface area contributed by atoms with Gasteiger partial charge in [0, 0.05) is 37.0 Å². The Morgan fingerprint density at radius 3 is 2.68 bits per heavy atom. The molecule has 0 fully saturated rings. The maximum atomic E-state index is 4.56. The number of nitrogens with one attached hydrogen (secondary N) is 1. The third-order valence-electron chi connectivity index (χ3n) is 3.17. The van der Waals surface area contributed by atoms with Crippen LogP contribution in [-0.2, 0) is 19.9 Å². The molecule has 0 saturated heterocycles. The summed E-state index contributed by atoms with van der Waals surface area (Å²) in [5.74, 6) is 0. The predicted molar refractivity (Wildman–Crippen MR) is 79.7 cm³/mol. The summed E-state index contributed by atoms with van der Waals surface area (Å²) < 4.78 is 1.98. The molecule has 2 heterocycles. The van der Waals surface area contributed by atoms with Crippen LogP contribution in [0.1, 0.15) is 29.0 Å². The van der Waals surface area contributed by atoms with E-state index in [2.05, 4.69) is 40.7 Å². The lowest BCUT2D eigenvalue weighted by Gasteiger charge is -2.16. The fourth-order valence-corrected chi connectivity index (χ4v) is 2.99. The predicted octanol–water partition coefficient (Wildman–Crippen LogP) is 2.26. The molecule has 2 rings (SSSR count). The number of nitrogens with zero attached hydrogens (tertiary/aromatic N) is 3. The molecule has 0 aliphatic rings. The fourth-order valence-electron chi connectivity index (χ4n) is 2.37. The molecule has 2 aromatic heterocycles. The van der Waals surface area contributed by atoms with Crippen molar-refractivity contribution in [3.05, 3.63) is 33.5 Å². The van der Waals surface area contributed by atoms with E-state index < -0.39 is 0 Å². The van der Waals surface area contributed by atoms with Gasteiger partial charge in [0.2, 0.25) is 0 Å². The van der Waals surface area contributed by atoms with Crippen molar-refractivity contribution in [3.63, 3.8) is 0 Å². The molecule has 0 aliphatic carbocycles. The molecule has 0 aliphatic heterocycles. The van der Waals surface area contributed by atoms with Crippen LogP contribution >= 0.6 is 11.3 Å². The fraction of sp³-hybridized carbons (Fsp3) is 0.571. The minimum absolute atomic E-state index is 0.418. The minimum Gasteiger partial charge on any atom is -0.313 e. The zero-order chi connectivity index (χ0) is 13.8. The van der Waals surface area contributed by atoms with Crippen LogP contribution in [0.2, 0.25) is 0 Å². The summed E-state index contributed by atoms with van der Waals surface area (Å²) in [7, 11) is 2.01. The van der Waals surface area contributed by atoms with Gasteiger partial charge in [0.1, 0.15) is 0 Å². The monoisotopic (exact) mass is 278 g/mol. The van der Waals surface area contributed by atoms with E-state index >= 15 is 0 Å². The topological polar surface area (TPSA) is 42.7 Å². The zero-order valence-corrected chi connectivity index (χ0v) is 12.9. The summed E-state index contributed by atoms with van der Waals surface area (Å²) >= 11 is 1.72. The molecule has 19 heavy (non-hydrogen) atoms. The summed E-state index contributed by atoms with van der Waals surface area (Å²) in [5, 5.41) is 11.3. The largest absolute Gasteiger partial charge is 0.313 e. The molecule has 0 spiro atoms. The van der Waals surface area contributed by atoms with E-state index in [1.54, 1.807) is 11.3 Å². The molecule has 1 unspecified atom stereocenters. The van der Waals surface area contributed by atoms with E-state index in [1.165, 1.54) is 11.4 Å². The van der Waals surface area contributed by atoms with Crippen molar-refractivity contribution >= 4 is 11.3 Å². The number of rotatable bonds is 6. The first-order valence-corrected chi connectivity index (χ1v) is 7.60. The zero-order valence-electron chi connectivity index (χ0n) is 12.1. The maximum absolute atomic E-state index is 4.56. The van der Waals surface area contributed by atoms with Crippen LogP contribution in [0.3, 0.4) is 0 Å². The summed E-state index contributed by atoms with van der Waals surface area (Å²) in [5.41, 5.74) is 3.54. The van der Waals surface area contributed by atoms with Gasteiger partial charge in [-0.2, -0.15) is 5.10 Å². The lowest BCUT2D eigenvalue weighted by Crippen LogP contribution is -2.33. The van der Waals surface area contributed by atoms with Crippen LogP contribution in [0.25, 0.3) is 0 Å². The van der Waals surface area contributed by atoms with E-state index in [0.717, 1.165) is 30.1 Å². The summed E-state index contributed by atoms with van der Waals surface area (Å²) in [6.45, 7) is 7.22. The maximum Gasteiger partial charge on any atom is 0.0897 e. The molecule has 1 atom stereocenters. The third-order valence-corrected chi connectivity index (χ3v) is 3.99. The summed E-state index contributed by atoms with van der Waals surface area (Å²) in [4.78, 5) is 4.56. The molecule has 0 amide bonds. The van der Waals surface area contributed by atoms with E-state index in [0.29, 0.717) is 6.04 Å². The number of hydrogen-bond donors (Lipinski definition) is 1. The first-order valence-electron chi connectivity index (χ1n) is 6.72.